The Morgan fingerprint density at radius 1 is 0.895 bits per heavy atom. The maximum Gasteiger partial charge on any atom is 0.205 e. The van der Waals surface area contributed by atoms with E-state index in [0.29, 0.717) is 0 Å². The lowest BCUT2D eigenvalue weighted by molar-refractivity contribution is 0.0989. The maximum atomic E-state index is 12.0. The molecule has 19 heavy (non-hydrogen) atoms. The van der Waals surface area contributed by atoms with E-state index in [0.717, 1.165) is 11.6 Å². The van der Waals surface area contributed by atoms with Crippen LogP contribution in [0.5, 0.6) is 23.0 Å². The van der Waals surface area contributed by atoms with Crippen LogP contribution in [0.25, 0.3) is 0 Å². The van der Waals surface area contributed by atoms with Gasteiger partial charge in [-0.1, -0.05) is 30.3 Å². The van der Waals surface area contributed by atoms with Gasteiger partial charge >= 0.3 is 0 Å². The topological polar surface area (TPSA) is 98.0 Å². The predicted molar refractivity (Wildman–Crippen MR) is 67.6 cm³/mol. The molecule has 0 amide bonds. The molecule has 5 heteroatoms. The minimum absolute atomic E-state index is 0.0120. The van der Waals surface area contributed by atoms with Crippen LogP contribution in [0, 0.1) is 0 Å². The molecule has 2 aromatic carbocycles. The molecule has 5 nitrogen and oxygen atoms in total. The Morgan fingerprint density at radius 2 is 1.53 bits per heavy atom. The Hall–Kier alpha value is -2.69. The molecule has 0 heterocycles. The van der Waals surface area contributed by atoms with E-state index >= 15 is 0 Å². The molecule has 0 radical (unpaired) electrons. The average Bonchev–Trinajstić information content (AvgIpc) is 2.41. The molecule has 0 bridgehead atoms. The highest BCUT2D eigenvalue weighted by molar-refractivity contribution is 6.01. The molecule has 0 unspecified atom stereocenters. The summed E-state index contributed by atoms with van der Waals surface area (Å²) in [5.41, 5.74) is 0.496. The van der Waals surface area contributed by atoms with Crippen molar-refractivity contribution >= 4 is 5.78 Å². The van der Waals surface area contributed by atoms with Gasteiger partial charge in [-0.25, -0.2) is 0 Å². The zero-order valence-corrected chi connectivity index (χ0v) is 9.87. The summed E-state index contributed by atoms with van der Waals surface area (Å²) >= 11 is 0. The molecule has 0 atom stereocenters. The first-order chi connectivity index (χ1) is 9.00. The number of carbonyl (C=O) groups is 1. The number of hydrogen-bond donors (Lipinski definition) is 4. The Bertz CT molecular complexity index is 619. The number of ketones is 1. The van der Waals surface area contributed by atoms with Gasteiger partial charge in [-0.15, -0.1) is 0 Å². The minimum Gasteiger partial charge on any atom is -0.504 e. The van der Waals surface area contributed by atoms with Gasteiger partial charge in [0, 0.05) is 6.42 Å². The van der Waals surface area contributed by atoms with Gasteiger partial charge in [0.2, 0.25) is 11.5 Å². The van der Waals surface area contributed by atoms with E-state index in [1.807, 2.05) is 6.07 Å². The van der Waals surface area contributed by atoms with E-state index in [1.165, 1.54) is 0 Å². The molecule has 0 aromatic heterocycles. The molecule has 0 aliphatic carbocycles. The van der Waals surface area contributed by atoms with Gasteiger partial charge in [-0.3, -0.25) is 4.79 Å². The van der Waals surface area contributed by atoms with Crippen molar-refractivity contribution < 1.29 is 25.2 Å². The summed E-state index contributed by atoms with van der Waals surface area (Å²) in [6.07, 6.45) is 0.0120. The average molecular weight is 260 g/mol. The highest BCUT2D eigenvalue weighted by atomic mass is 16.3. The van der Waals surface area contributed by atoms with Crippen LogP contribution in [0.2, 0.25) is 0 Å². The largest absolute Gasteiger partial charge is 0.504 e. The van der Waals surface area contributed by atoms with Crippen LogP contribution in [0.4, 0.5) is 0 Å². The van der Waals surface area contributed by atoms with Crippen LogP contribution in [0.15, 0.2) is 36.4 Å². The summed E-state index contributed by atoms with van der Waals surface area (Å²) in [6.45, 7) is 0. The smallest absolute Gasteiger partial charge is 0.205 e. The van der Waals surface area contributed by atoms with E-state index in [9.17, 15) is 25.2 Å². The number of phenolic OH excluding ortho intramolecular Hbond substituents is 4. The molecular weight excluding hydrogens is 248 g/mol. The van der Waals surface area contributed by atoms with Gasteiger partial charge in [-0.05, 0) is 11.6 Å². The number of phenols is 4. The zero-order valence-electron chi connectivity index (χ0n) is 9.87. The molecule has 2 aromatic rings. The lowest BCUT2D eigenvalue weighted by Crippen LogP contribution is -2.04. The van der Waals surface area contributed by atoms with Gasteiger partial charge < -0.3 is 20.4 Å². The molecule has 0 saturated carbocycles. The number of hydrogen-bond acceptors (Lipinski definition) is 5. The van der Waals surface area contributed by atoms with Crippen molar-refractivity contribution in [1.29, 1.82) is 0 Å². The zero-order chi connectivity index (χ0) is 14.0. The van der Waals surface area contributed by atoms with Crippen molar-refractivity contribution in [3.63, 3.8) is 0 Å². The predicted octanol–water partition coefficient (Wildman–Crippen LogP) is 1.93. The van der Waals surface area contributed by atoms with E-state index < -0.39 is 28.8 Å². The second-order valence-corrected chi connectivity index (χ2v) is 4.07. The number of rotatable bonds is 3. The van der Waals surface area contributed by atoms with Gasteiger partial charge in [0.05, 0.1) is 5.56 Å². The molecule has 0 spiro atoms. The van der Waals surface area contributed by atoms with E-state index in [1.54, 1.807) is 24.3 Å². The summed E-state index contributed by atoms with van der Waals surface area (Å²) in [4.78, 5) is 12.0. The van der Waals surface area contributed by atoms with Crippen LogP contribution in [0.1, 0.15) is 15.9 Å². The third-order valence-corrected chi connectivity index (χ3v) is 2.74. The fourth-order valence-electron chi connectivity index (χ4n) is 1.72. The number of Topliss-reactive ketones (excluding diaryl/α,β-unsaturated/α-hetero) is 1. The van der Waals surface area contributed by atoms with Crippen LogP contribution in [0.3, 0.4) is 0 Å². The Balaban J connectivity index is 2.35. The molecule has 0 saturated heterocycles. The van der Waals surface area contributed by atoms with Crippen molar-refractivity contribution in [3.8, 4) is 23.0 Å². The summed E-state index contributed by atoms with van der Waals surface area (Å²) in [5.74, 6) is -3.64. The van der Waals surface area contributed by atoms with Crippen molar-refractivity contribution in [2.24, 2.45) is 0 Å². The molecule has 98 valence electrons. The number of aromatic hydroxyl groups is 4. The summed E-state index contributed by atoms with van der Waals surface area (Å²) in [7, 11) is 0. The number of carbonyl (C=O) groups excluding carboxylic acids is 1. The highest BCUT2D eigenvalue weighted by Crippen LogP contribution is 2.44. The third kappa shape index (κ3) is 2.44. The summed E-state index contributed by atoms with van der Waals surface area (Å²) in [6, 6.07) is 9.77. The summed E-state index contributed by atoms with van der Waals surface area (Å²) < 4.78 is 0. The SMILES string of the molecule is O=C(Cc1ccccc1)c1cc(O)c(O)c(O)c1O. The van der Waals surface area contributed by atoms with Crippen molar-refractivity contribution in [1.82, 2.24) is 0 Å². The second kappa shape index (κ2) is 4.89. The fourth-order valence-corrected chi connectivity index (χ4v) is 1.72. The lowest BCUT2D eigenvalue weighted by Gasteiger charge is -2.08. The van der Waals surface area contributed by atoms with Crippen molar-refractivity contribution in [3.05, 3.63) is 47.5 Å². The van der Waals surface area contributed by atoms with Gasteiger partial charge in [0.25, 0.3) is 0 Å². The van der Waals surface area contributed by atoms with Crippen LogP contribution >= 0.6 is 0 Å². The normalized spacial score (nSPS) is 10.3. The Morgan fingerprint density at radius 3 is 2.16 bits per heavy atom. The first kappa shape index (κ1) is 12.8. The molecule has 2 rings (SSSR count). The lowest BCUT2D eigenvalue weighted by atomic mass is 10.0. The van der Waals surface area contributed by atoms with Crippen LogP contribution in [-0.2, 0) is 6.42 Å². The molecule has 0 fully saturated rings. The van der Waals surface area contributed by atoms with Crippen LogP contribution in [-0.4, -0.2) is 26.2 Å². The highest BCUT2D eigenvalue weighted by Gasteiger charge is 2.20. The first-order valence-corrected chi connectivity index (χ1v) is 5.54. The fraction of sp³-hybridized carbons (Fsp3) is 0.0714. The van der Waals surface area contributed by atoms with Crippen molar-refractivity contribution in [2.45, 2.75) is 6.42 Å². The molecule has 0 aliphatic rings. The first-order valence-electron chi connectivity index (χ1n) is 5.54. The van der Waals surface area contributed by atoms with E-state index in [2.05, 4.69) is 0 Å². The van der Waals surface area contributed by atoms with Gasteiger partial charge in [0.15, 0.2) is 17.3 Å². The third-order valence-electron chi connectivity index (χ3n) is 2.74. The van der Waals surface area contributed by atoms with Gasteiger partial charge in [0.1, 0.15) is 0 Å². The van der Waals surface area contributed by atoms with Gasteiger partial charge in [-0.2, -0.15) is 0 Å². The minimum atomic E-state index is -0.906. The molecule has 4 N–H and O–H groups in total. The monoisotopic (exact) mass is 260 g/mol. The molecular formula is C14H12O5. The quantitative estimate of drug-likeness (QED) is 0.384. The van der Waals surface area contributed by atoms with E-state index in [-0.39, 0.29) is 12.0 Å². The van der Waals surface area contributed by atoms with Crippen LogP contribution < -0.4 is 0 Å². The second-order valence-electron chi connectivity index (χ2n) is 4.07. The Labute approximate surface area is 109 Å². The van der Waals surface area contributed by atoms with Crippen molar-refractivity contribution in [2.75, 3.05) is 0 Å². The number of benzene rings is 2. The summed E-state index contributed by atoms with van der Waals surface area (Å²) in [5, 5.41) is 37.5. The standard InChI is InChI=1S/C14H12O5/c15-10(6-8-4-2-1-3-5-8)9-7-11(16)13(18)14(19)12(9)17/h1-5,7,16-19H,6H2. The molecule has 0 aliphatic heterocycles. The maximum absolute atomic E-state index is 12.0. The Kier molecular flexibility index (Phi) is 3.29. The van der Waals surface area contributed by atoms with E-state index in [4.69, 9.17) is 0 Å².